The number of hydrogen-bond donors (Lipinski definition) is 3. The largest absolute Gasteiger partial charge is 0.368 e. The lowest BCUT2D eigenvalue weighted by molar-refractivity contribution is -0.125. The smallest absolute Gasteiger partial charge is 0.239 e. The van der Waals surface area contributed by atoms with E-state index in [0.29, 0.717) is 12.2 Å². The van der Waals surface area contributed by atoms with Crippen molar-refractivity contribution in [1.82, 2.24) is 15.1 Å². The van der Waals surface area contributed by atoms with E-state index in [9.17, 15) is 9.59 Å². The molecule has 4 N–H and O–H groups in total. The quantitative estimate of drug-likeness (QED) is 0.686. The van der Waals surface area contributed by atoms with Gasteiger partial charge < -0.3 is 16.4 Å². The number of nitrogens with two attached hydrogens (primary N) is 1. The summed E-state index contributed by atoms with van der Waals surface area (Å²) >= 11 is 0. The highest BCUT2D eigenvalue weighted by Crippen LogP contribution is 2.32. The molecule has 1 unspecified atom stereocenters. The Kier molecular flexibility index (Phi) is 4.39. The minimum absolute atomic E-state index is 0.0114. The van der Waals surface area contributed by atoms with Crippen LogP contribution < -0.4 is 16.4 Å². The Hall–Kier alpha value is -1.89. The Balaban J connectivity index is 2.02. The Morgan fingerprint density at radius 3 is 3.00 bits per heavy atom. The summed E-state index contributed by atoms with van der Waals surface area (Å²) in [6.45, 7) is 3.67. The zero-order chi connectivity index (χ0) is 14.6. The zero-order valence-corrected chi connectivity index (χ0v) is 11.7. The first-order valence-electron chi connectivity index (χ1n) is 6.89. The standard InChI is InChI=1S/C13H21N5O2/c1-2-3-13(4-5-15-9-13)12(20)17-10-6-16-18(7-10)8-11(14)19/h6-7,15H,2-5,8-9H2,1H3,(H2,14,19)(H,17,20). The first-order chi connectivity index (χ1) is 9.55. The van der Waals surface area contributed by atoms with E-state index in [1.54, 1.807) is 6.20 Å². The Bertz CT molecular complexity index is 491. The molecule has 2 rings (SSSR count). The van der Waals surface area contributed by atoms with Gasteiger partial charge in [0.2, 0.25) is 11.8 Å². The predicted molar refractivity (Wildman–Crippen MR) is 74.9 cm³/mol. The fourth-order valence-electron chi connectivity index (χ4n) is 2.68. The van der Waals surface area contributed by atoms with Crippen molar-refractivity contribution in [3.63, 3.8) is 0 Å². The molecule has 2 amide bonds. The fourth-order valence-corrected chi connectivity index (χ4v) is 2.68. The van der Waals surface area contributed by atoms with Crippen molar-refractivity contribution in [1.29, 1.82) is 0 Å². The second-order valence-corrected chi connectivity index (χ2v) is 5.30. The third-order valence-electron chi connectivity index (χ3n) is 3.66. The summed E-state index contributed by atoms with van der Waals surface area (Å²) in [4.78, 5) is 23.3. The van der Waals surface area contributed by atoms with E-state index < -0.39 is 5.91 Å². The van der Waals surface area contributed by atoms with Crippen LogP contribution in [0.5, 0.6) is 0 Å². The third-order valence-corrected chi connectivity index (χ3v) is 3.66. The van der Waals surface area contributed by atoms with Crippen molar-refractivity contribution in [2.75, 3.05) is 18.4 Å². The molecular formula is C13H21N5O2. The van der Waals surface area contributed by atoms with Crippen LogP contribution in [0.25, 0.3) is 0 Å². The molecule has 1 fully saturated rings. The van der Waals surface area contributed by atoms with Gasteiger partial charge in [0.1, 0.15) is 6.54 Å². The molecule has 1 aromatic rings. The molecular weight excluding hydrogens is 258 g/mol. The topological polar surface area (TPSA) is 102 Å². The molecule has 0 aliphatic carbocycles. The highest BCUT2D eigenvalue weighted by molar-refractivity contribution is 5.95. The second kappa shape index (κ2) is 6.04. The summed E-state index contributed by atoms with van der Waals surface area (Å²) in [5.74, 6) is -0.448. The van der Waals surface area contributed by atoms with Gasteiger partial charge in [-0.3, -0.25) is 14.3 Å². The van der Waals surface area contributed by atoms with E-state index in [0.717, 1.165) is 25.8 Å². The molecule has 110 valence electrons. The van der Waals surface area contributed by atoms with Gasteiger partial charge in [0.05, 0.1) is 17.3 Å². The van der Waals surface area contributed by atoms with Gasteiger partial charge in [0.15, 0.2) is 0 Å². The highest BCUT2D eigenvalue weighted by Gasteiger charge is 2.40. The van der Waals surface area contributed by atoms with Crippen LogP contribution in [0.15, 0.2) is 12.4 Å². The van der Waals surface area contributed by atoms with Crippen LogP contribution in [0.4, 0.5) is 5.69 Å². The van der Waals surface area contributed by atoms with Crippen LogP contribution in [0.3, 0.4) is 0 Å². The first kappa shape index (κ1) is 14.5. The number of amides is 2. The highest BCUT2D eigenvalue weighted by atomic mass is 16.2. The number of nitrogens with one attached hydrogen (secondary N) is 2. The summed E-state index contributed by atoms with van der Waals surface area (Å²) in [5.41, 5.74) is 5.36. The zero-order valence-electron chi connectivity index (χ0n) is 11.7. The molecule has 1 aliphatic rings. The summed E-state index contributed by atoms with van der Waals surface area (Å²) < 4.78 is 1.41. The van der Waals surface area contributed by atoms with Crippen molar-refractivity contribution in [2.24, 2.45) is 11.1 Å². The number of carbonyl (C=O) groups excluding carboxylic acids is 2. The molecule has 2 heterocycles. The van der Waals surface area contributed by atoms with E-state index in [-0.39, 0.29) is 17.9 Å². The first-order valence-corrected chi connectivity index (χ1v) is 6.89. The molecule has 7 nitrogen and oxygen atoms in total. The molecule has 0 aromatic carbocycles. The van der Waals surface area contributed by atoms with Crippen LogP contribution in [-0.2, 0) is 16.1 Å². The van der Waals surface area contributed by atoms with Gasteiger partial charge in [-0.25, -0.2) is 0 Å². The SMILES string of the molecule is CCCC1(C(=O)Nc2cnn(CC(N)=O)c2)CCNC1. The van der Waals surface area contributed by atoms with E-state index in [1.807, 2.05) is 0 Å². The van der Waals surface area contributed by atoms with Crippen molar-refractivity contribution < 1.29 is 9.59 Å². The fraction of sp³-hybridized carbons (Fsp3) is 0.615. The normalized spacial score (nSPS) is 21.9. The van der Waals surface area contributed by atoms with Gasteiger partial charge in [-0.05, 0) is 19.4 Å². The van der Waals surface area contributed by atoms with Crippen molar-refractivity contribution in [3.05, 3.63) is 12.4 Å². The number of aromatic nitrogens is 2. The van der Waals surface area contributed by atoms with Crippen LogP contribution in [-0.4, -0.2) is 34.7 Å². The van der Waals surface area contributed by atoms with E-state index in [2.05, 4.69) is 22.7 Å². The lowest BCUT2D eigenvalue weighted by atomic mass is 9.81. The minimum atomic E-state index is -0.464. The lowest BCUT2D eigenvalue weighted by Crippen LogP contribution is -2.38. The number of primary amides is 1. The summed E-state index contributed by atoms with van der Waals surface area (Å²) in [6.07, 6.45) is 5.83. The van der Waals surface area contributed by atoms with Crippen molar-refractivity contribution in [3.8, 4) is 0 Å². The summed E-state index contributed by atoms with van der Waals surface area (Å²) in [5, 5.41) is 10.1. The molecule has 0 spiro atoms. The van der Waals surface area contributed by atoms with Crippen LogP contribution in [0.1, 0.15) is 26.2 Å². The Morgan fingerprint density at radius 1 is 1.60 bits per heavy atom. The van der Waals surface area contributed by atoms with E-state index in [4.69, 9.17) is 5.73 Å². The minimum Gasteiger partial charge on any atom is -0.368 e. The monoisotopic (exact) mass is 279 g/mol. The average Bonchev–Trinajstić information content (AvgIpc) is 2.99. The molecule has 20 heavy (non-hydrogen) atoms. The van der Waals surface area contributed by atoms with Crippen LogP contribution >= 0.6 is 0 Å². The van der Waals surface area contributed by atoms with Crippen molar-refractivity contribution in [2.45, 2.75) is 32.7 Å². The predicted octanol–water partition coefficient (Wildman–Crippen LogP) is 0.0867. The Morgan fingerprint density at radius 2 is 2.40 bits per heavy atom. The molecule has 0 saturated carbocycles. The van der Waals surface area contributed by atoms with E-state index in [1.165, 1.54) is 10.9 Å². The van der Waals surface area contributed by atoms with E-state index >= 15 is 0 Å². The van der Waals surface area contributed by atoms with Crippen LogP contribution in [0.2, 0.25) is 0 Å². The molecule has 1 saturated heterocycles. The molecule has 0 radical (unpaired) electrons. The van der Waals surface area contributed by atoms with Gasteiger partial charge in [-0.15, -0.1) is 0 Å². The van der Waals surface area contributed by atoms with Gasteiger partial charge in [0.25, 0.3) is 0 Å². The maximum absolute atomic E-state index is 12.5. The van der Waals surface area contributed by atoms with Crippen molar-refractivity contribution >= 4 is 17.5 Å². The maximum Gasteiger partial charge on any atom is 0.239 e. The summed E-state index contributed by atoms with van der Waals surface area (Å²) in [6, 6.07) is 0. The number of carbonyl (C=O) groups is 2. The van der Waals surface area contributed by atoms with Gasteiger partial charge in [0, 0.05) is 12.7 Å². The molecule has 1 aromatic heterocycles. The van der Waals surface area contributed by atoms with Crippen LogP contribution in [0, 0.1) is 5.41 Å². The van der Waals surface area contributed by atoms with Gasteiger partial charge >= 0.3 is 0 Å². The summed E-state index contributed by atoms with van der Waals surface area (Å²) in [7, 11) is 0. The molecule has 1 aliphatic heterocycles. The maximum atomic E-state index is 12.5. The molecule has 0 bridgehead atoms. The Labute approximate surface area is 117 Å². The molecule has 7 heteroatoms. The third kappa shape index (κ3) is 3.16. The number of hydrogen-bond acceptors (Lipinski definition) is 4. The molecule has 1 atom stereocenters. The second-order valence-electron chi connectivity index (χ2n) is 5.30. The van der Waals surface area contributed by atoms with Gasteiger partial charge in [-0.2, -0.15) is 5.10 Å². The lowest BCUT2D eigenvalue weighted by Gasteiger charge is -2.26. The average molecular weight is 279 g/mol. The number of nitrogens with zero attached hydrogens (tertiary/aromatic N) is 2. The number of anilines is 1. The number of rotatable bonds is 6. The van der Waals surface area contributed by atoms with Gasteiger partial charge in [-0.1, -0.05) is 13.3 Å².